The Morgan fingerprint density at radius 2 is 1.92 bits per heavy atom. The quantitative estimate of drug-likeness (QED) is 0.700. The minimum atomic E-state index is 0.0794. The van der Waals surface area contributed by atoms with Crippen molar-refractivity contribution in [3.63, 3.8) is 0 Å². The van der Waals surface area contributed by atoms with Gasteiger partial charge >= 0.3 is 0 Å². The van der Waals surface area contributed by atoms with E-state index in [2.05, 4.69) is 29.4 Å². The number of benzene rings is 2. The van der Waals surface area contributed by atoms with E-state index in [1.165, 1.54) is 11.1 Å². The molecule has 0 aliphatic rings. The van der Waals surface area contributed by atoms with Crippen LogP contribution in [0.4, 0.5) is 11.6 Å². The third kappa shape index (κ3) is 3.73. The molecule has 0 amide bonds. The number of hydrogen-bond acceptors (Lipinski definition) is 4. The van der Waals surface area contributed by atoms with Crippen molar-refractivity contribution < 1.29 is 4.74 Å². The maximum atomic E-state index is 8.08. The first kappa shape index (κ1) is 18.0. The van der Waals surface area contributed by atoms with E-state index in [0.717, 1.165) is 11.3 Å². The highest BCUT2D eigenvalue weighted by Gasteiger charge is 2.11. The largest absolute Gasteiger partial charge is 0.491 e. The molecule has 0 atom stereocenters. The molecule has 6 heteroatoms. The fraction of sp³-hybridized carbons (Fsp3) is 0.200. The van der Waals surface area contributed by atoms with Crippen LogP contribution in [0.5, 0.6) is 5.75 Å². The normalized spacial score (nSPS) is 10.6. The highest BCUT2D eigenvalue weighted by molar-refractivity contribution is 6.31. The van der Waals surface area contributed by atoms with Crippen molar-refractivity contribution >= 4 is 23.2 Å². The molecule has 3 aromatic rings. The summed E-state index contributed by atoms with van der Waals surface area (Å²) in [7, 11) is 1.54. The zero-order chi connectivity index (χ0) is 18.7. The summed E-state index contributed by atoms with van der Waals surface area (Å²) in [6.07, 6.45) is 1.80. The number of ether oxygens (including phenoxy) is 1. The van der Waals surface area contributed by atoms with Crippen LogP contribution in [0.25, 0.3) is 0 Å². The molecule has 1 aromatic heterocycles. The molecule has 1 heterocycles. The summed E-state index contributed by atoms with van der Waals surface area (Å²) >= 11 is 6.23. The molecule has 0 aliphatic heterocycles. The lowest BCUT2D eigenvalue weighted by atomic mass is 10.1. The molecular formula is C20H21ClN4O. The van der Waals surface area contributed by atoms with Crippen LogP contribution in [0.2, 0.25) is 5.02 Å². The lowest BCUT2D eigenvalue weighted by Gasteiger charge is -2.18. The standard InChI is InChI=1S/C20H21ClN4O/c1-13-7-4-5-8-15(13)11-25-12-18(26-3)19(22)24-20(25)23-17-10-6-9-16(21)14(17)2/h4-10,12H,11H2,1-3H3,(H2,22,23,24). The Bertz CT molecular complexity index is 997. The van der Waals surface area contributed by atoms with Crippen molar-refractivity contribution in [2.24, 2.45) is 0 Å². The lowest BCUT2D eigenvalue weighted by molar-refractivity contribution is 0.399. The van der Waals surface area contributed by atoms with Crippen LogP contribution >= 0.6 is 11.6 Å². The molecule has 0 unspecified atom stereocenters. The van der Waals surface area contributed by atoms with Crippen molar-refractivity contribution in [1.29, 1.82) is 5.41 Å². The average molecular weight is 369 g/mol. The van der Waals surface area contributed by atoms with Gasteiger partial charge in [-0.1, -0.05) is 41.9 Å². The first-order chi connectivity index (χ1) is 12.5. The first-order valence-corrected chi connectivity index (χ1v) is 8.64. The molecule has 0 saturated carbocycles. The summed E-state index contributed by atoms with van der Waals surface area (Å²) in [5.41, 5.74) is 4.23. The van der Waals surface area contributed by atoms with Crippen LogP contribution in [-0.4, -0.2) is 16.7 Å². The number of nitrogens with one attached hydrogen (secondary N) is 2. The second-order valence-electron chi connectivity index (χ2n) is 6.07. The van der Waals surface area contributed by atoms with Gasteiger partial charge in [-0.05, 0) is 42.7 Å². The Hall–Kier alpha value is -2.79. The summed E-state index contributed by atoms with van der Waals surface area (Å²) in [5.74, 6) is 0.983. The number of anilines is 2. The van der Waals surface area contributed by atoms with Crippen LogP contribution in [0.3, 0.4) is 0 Å². The van der Waals surface area contributed by atoms with Crippen molar-refractivity contribution in [1.82, 2.24) is 9.55 Å². The van der Waals surface area contributed by atoms with Crippen LogP contribution < -0.4 is 15.5 Å². The van der Waals surface area contributed by atoms with Gasteiger partial charge in [-0.25, -0.2) is 0 Å². The molecule has 5 nitrogen and oxygen atoms in total. The third-order valence-electron chi connectivity index (χ3n) is 4.33. The minimum Gasteiger partial charge on any atom is -0.491 e. The molecule has 0 spiro atoms. The van der Waals surface area contributed by atoms with E-state index in [0.29, 0.717) is 23.3 Å². The van der Waals surface area contributed by atoms with Crippen LogP contribution in [0.15, 0.2) is 48.7 Å². The Labute approximate surface area is 157 Å². The van der Waals surface area contributed by atoms with Gasteiger partial charge in [0.1, 0.15) is 0 Å². The summed E-state index contributed by atoms with van der Waals surface area (Å²) < 4.78 is 7.23. The topological polar surface area (TPSA) is 62.9 Å². The lowest BCUT2D eigenvalue weighted by Crippen LogP contribution is -2.19. The highest BCUT2D eigenvalue weighted by Crippen LogP contribution is 2.26. The van der Waals surface area contributed by atoms with Crippen LogP contribution in [-0.2, 0) is 6.54 Å². The molecule has 2 aromatic carbocycles. The minimum absolute atomic E-state index is 0.0794. The maximum absolute atomic E-state index is 8.08. The van der Waals surface area contributed by atoms with Crippen molar-refractivity contribution in [2.75, 3.05) is 12.4 Å². The molecule has 0 aliphatic carbocycles. The van der Waals surface area contributed by atoms with Crippen LogP contribution in [0, 0.1) is 19.3 Å². The van der Waals surface area contributed by atoms with Crippen molar-refractivity contribution in [3.05, 3.63) is 75.9 Å². The van der Waals surface area contributed by atoms with Gasteiger partial charge in [-0.3, -0.25) is 5.41 Å². The van der Waals surface area contributed by atoms with Crippen molar-refractivity contribution in [2.45, 2.75) is 20.4 Å². The van der Waals surface area contributed by atoms with E-state index < -0.39 is 0 Å². The summed E-state index contributed by atoms with van der Waals surface area (Å²) in [6.45, 7) is 4.63. The van der Waals surface area contributed by atoms with E-state index in [-0.39, 0.29) is 5.49 Å². The van der Waals surface area contributed by atoms with Gasteiger partial charge < -0.3 is 14.6 Å². The number of rotatable bonds is 5. The number of aromatic nitrogens is 2. The Morgan fingerprint density at radius 3 is 2.65 bits per heavy atom. The zero-order valence-electron chi connectivity index (χ0n) is 15.0. The Balaban J connectivity index is 2.06. The maximum Gasteiger partial charge on any atom is 0.209 e. The molecular weight excluding hydrogens is 348 g/mol. The highest BCUT2D eigenvalue weighted by atomic mass is 35.5. The predicted molar refractivity (Wildman–Crippen MR) is 104 cm³/mol. The van der Waals surface area contributed by atoms with Crippen molar-refractivity contribution in [3.8, 4) is 5.75 Å². The Kier molecular flexibility index (Phi) is 5.28. The molecule has 26 heavy (non-hydrogen) atoms. The number of hydrogen-bond donors (Lipinski definition) is 2. The third-order valence-corrected chi connectivity index (χ3v) is 4.74. The molecule has 0 bridgehead atoms. The van der Waals surface area contributed by atoms with Gasteiger partial charge in [0.25, 0.3) is 0 Å². The fourth-order valence-electron chi connectivity index (χ4n) is 2.69. The van der Waals surface area contributed by atoms with Gasteiger partial charge in [0.2, 0.25) is 5.95 Å². The SMILES string of the molecule is COc1cn(Cc2ccccc2C)c(Nc2cccc(Cl)c2C)nc1=N. The molecule has 2 N–H and O–H groups in total. The van der Waals surface area contributed by atoms with Gasteiger partial charge in [0.05, 0.1) is 19.9 Å². The van der Waals surface area contributed by atoms with Gasteiger partial charge in [-0.2, -0.15) is 4.98 Å². The molecule has 0 fully saturated rings. The van der Waals surface area contributed by atoms with E-state index in [9.17, 15) is 0 Å². The number of nitrogens with zero attached hydrogens (tertiary/aromatic N) is 2. The smallest absolute Gasteiger partial charge is 0.209 e. The molecule has 0 radical (unpaired) electrons. The van der Waals surface area contributed by atoms with E-state index >= 15 is 0 Å². The summed E-state index contributed by atoms with van der Waals surface area (Å²) in [6, 6.07) is 13.9. The fourth-order valence-corrected chi connectivity index (χ4v) is 2.87. The van der Waals surface area contributed by atoms with Gasteiger partial charge in [-0.15, -0.1) is 0 Å². The van der Waals surface area contributed by atoms with Crippen LogP contribution in [0.1, 0.15) is 16.7 Å². The van der Waals surface area contributed by atoms with E-state index in [1.807, 2.05) is 41.8 Å². The predicted octanol–water partition coefficient (Wildman–Crippen LogP) is 4.43. The summed E-state index contributed by atoms with van der Waals surface area (Å²) in [4.78, 5) is 4.39. The molecule has 3 rings (SSSR count). The molecule has 0 saturated heterocycles. The second kappa shape index (κ2) is 7.62. The Morgan fingerprint density at radius 1 is 1.15 bits per heavy atom. The zero-order valence-corrected chi connectivity index (χ0v) is 15.8. The number of halogens is 1. The second-order valence-corrected chi connectivity index (χ2v) is 6.48. The number of methoxy groups -OCH3 is 1. The number of aryl methyl sites for hydroxylation is 1. The average Bonchev–Trinajstić information content (AvgIpc) is 2.62. The van der Waals surface area contributed by atoms with E-state index in [4.69, 9.17) is 21.7 Å². The van der Waals surface area contributed by atoms with Gasteiger partial charge in [0, 0.05) is 10.7 Å². The monoisotopic (exact) mass is 368 g/mol. The summed E-state index contributed by atoms with van der Waals surface area (Å²) in [5, 5.41) is 12.1. The van der Waals surface area contributed by atoms with E-state index in [1.54, 1.807) is 13.3 Å². The molecule has 134 valence electrons. The first-order valence-electron chi connectivity index (χ1n) is 8.26. The van der Waals surface area contributed by atoms with Gasteiger partial charge in [0.15, 0.2) is 11.2 Å².